The lowest BCUT2D eigenvalue weighted by molar-refractivity contribution is -0.137. The van der Waals surface area contributed by atoms with Crippen molar-refractivity contribution in [3.05, 3.63) is 64.9 Å². The van der Waals surface area contributed by atoms with Gasteiger partial charge in [0.05, 0.1) is 17.1 Å². The number of hydrogen-bond donors (Lipinski definition) is 2. The maximum Gasteiger partial charge on any atom is 0.417 e. The fourth-order valence-corrected chi connectivity index (χ4v) is 2.59. The van der Waals surface area contributed by atoms with Crippen LogP contribution in [0.15, 0.2) is 52.9 Å². The van der Waals surface area contributed by atoms with Crippen LogP contribution in [-0.2, 0) is 11.0 Å². The number of rotatable bonds is 4. The summed E-state index contributed by atoms with van der Waals surface area (Å²) in [6, 6.07) is 11.5. The predicted molar refractivity (Wildman–Crippen MR) is 93.6 cm³/mol. The number of halogens is 4. The number of alkyl halides is 3. The van der Waals surface area contributed by atoms with E-state index in [1.807, 2.05) is 0 Å². The summed E-state index contributed by atoms with van der Waals surface area (Å²) in [6.07, 6.45) is -4.65. The maximum atomic E-state index is 12.8. The Balaban J connectivity index is 1.62. The number of carbonyl (C=O) groups is 2. The highest BCUT2D eigenvalue weighted by atomic mass is 35.5. The largest absolute Gasteiger partial charge is 0.451 e. The quantitative estimate of drug-likeness (QED) is 0.683. The third-order valence-electron chi connectivity index (χ3n) is 3.61. The number of furan rings is 1. The third-order valence-corrected chi connectivity index (χ3v) is 3.94. The lowest BCUT2D eigenvalue weighted by Crippen LogP contribution is -2.32. The van der Waals surface area contributed by atoms with E-state index >= 15 is 0 Å². The van der Waals surface area contributed by atoms with Gasteiger partial charge in [-0.15, -0.1) is 0 Å². The standard InChI is InChI=1S/C18H12ClF3N2O3/c19-13-6-5-11(8-12(13)18(20,21)22)24-16(25)9-23-17(26)15-7-10-3-1-2-4-14(10)27-15/h1-8H,9H2,(H,23,26)(H,24,25). The van der Waals surface area contributed by atoms with E-state index in [2.05, 4.69) is 10.6 Å². The van der Waals surface area contributed by atoms with Crippen LogP contribution in [0.2, 0.25) is 5.02 Å². The summed E-state index contributed by atoms with van der Waals surface area (Å²) in [4.78, 5) is 23.9. The van der Waals surface area contributed by atoms with Gasteiger partial charge in [-0.25, -0.2) is 0 Å². The maximum absolute atomic E-state index is 12.8. The fraction of sp³-hybridized carbons (Fsp3) is 0.111. The van der Waals surface area contributed by atoms with Crippen LogP contribution in [0.4, 0.5) is 18.9 Å². The van der Waals surface area contributed by atoms with Gasteiger partial charge in [-0.05, 0) is 30.3 Å². The zero-order valence-corrected chi connectivity index (χ0v) is 14.3. The van der Waals surface area contributed by atoms with Gasteiger partial charge in [-0.2, -0.15) is 13.2 Å². The second-order valence-electron chi connectivity index (χ2n) is 5.57. The third kappa shape index (κ3) is 4.40. The highest BCUT2D eigenvalue weighted by molar-refractivity contribution is 6.31. The predicted octanol–water partition coefficient (Wildman–Crippen LogP) is 4.47. The number of amides is 2. The SMILES string of the molecule is O=C(CNC(=O)c1cc2ccccc2o1)Nc1ccc(Cl)c(C(F)(F)F)c1. The van der Waals surface area contributed by atoms with Crippen LogP contribution in [0.3, 0.4) is 0 Å². The van der Waals surface area contributed by atoms with Crippen LogP contribution in [0.1, 0.15) is 16.1 Å². The van der Waals surface area contributed by atoms with Crippen molar-refractivity contribution < 1.29 is 27.2 Å². The first-order chi connectivity index (χ1) is 12.7. The van der Waals surface area contributed by atoms with E-state index in [-0.39, 0.29) is 11.4 Å². The molecule has 0 unspecified atom stereocenters. The summed E-state index contributed by atoms with van der Waals surface area (Å²) in [5.41, 5.74) is -0.629. The van der Waals surface area contributed by atoms with Crippen LogP contribution >= 0.6 is 11.6 Å². The highest BCUT2D eigenvalue weighted by Crippen LogP contribution is 2.36. The highest BCUT2D eigenvalue weighted by Gasteiger charge is 2.33. The zero-order chi connectivity index (χ0) is 19.6. The minimum Gasteiger partial charge on any atom is -0.451 e. The number of benzene rings is 2. The van der Waals surface area contributed by atoms with Crippen LogP contribution in [0.25, 0.3) is 11.0 Å². The first kappa shape index (κ1) is 18.8. The summed E-state index contributed by atoms with van der Waals surface area (Å²) in [6.45, 7) is -0.445. The molecule has 0 aliphatic rings. The van der Waals surface area contributed by atoms with Gasteiger partial charge in [0.1, 0.15) is 5.58 Å². The second kappa shape index (κ2) is 7.32. The van der Waals surface area contributed by atoms with Gasteiger partial charge in [0, 0.05) is 11.1 Å². The Bertz CT molecular complexity index is 981. The van der Waals surface area contributed by atoms with Crippen LogP contribution in [0, 0.1) is 0 Å². The van der Waals surface area contributed by atoms with E-state index in [0.29, 0.717) is 5.58 Å². The normalized spacial score (nSPS) is 11.4. The molecule has 0 atom stereocenters. The van der Waals surface area contributed by atoms with E-state index in [1.54, 1.807) is 24.3 Å². The van der Waals surface area contributed by atoms with Crippen molar-refractivity contribution in [1.29, 1.82) is 0 Å². The molecule has 2 aromatic carbocycles. The van der Waals surface area contributed by atoms with Crippen molar-refractivity contribution in [2.75, 3.05) is 11.9 Å². The summed E-state index contributed by atoms with van der Waals surface area (Å²) in [5.74, 6) is -1.29. The summed E-state index contributed by atoms with van der Waals surface area (Å²) >= 11 is 5.52. The Kier molecular flexibility index (Phi) is 5.09. The molecule has 1 heterocycles. The molecule has 2 amide bonds. The molecule has 3 rings (SSSR count). The van der Waals surface area contributed by atoms with Crippen molar-refractivity contribution in [2.45, 2.75) is 6.18 Å². The van der Waals surface area contributed by atoms with Gasteiger partial charge in [0.15, 0.2) is 5.76 Å². The topological polar surface area (TPSA) is 71.3 Å². The minimum absolute atomic E-state index is 0.0230. The van der Waals surface area contributed by atoms with Gasteiger partial charge in [0.2, 0.25) is 5.91 Å². The Morgan fingerprint density at radius 2 is 1.81 bits per heavy atom. The van der Waals surface area contributed by atoms with Crippen LogP contribution in [-0.4, -0.2) is 18.4 Å². The van der Waals surface area contributed by atoms with Gasteiger partial charge in [-0.1, -0.05) is 29.8 Å². The number of hydrogen-bond acceptors (Lipinski definition) is 3. The van der Waals surface area contributed by atoms with Crippen LogP contribution in [0.5, 0.6) is 0 Å². The number of carbonyl (C=O) groups excluding carboxylic acids is 2. The molecule has 9 heteroatoms. The molecule has 0 saturated carbocycles. The molecule has 27 heavy (non-hydrogen) atoms. The van der Waals surface area contributed by atoms with Gasteiger partial charge >= 0.3 is 6.18 Å². The Morgan fingerprint density at radius 1 is 1.07 bits per heavy atom. The lowest BCUT2D eigenvalue weighted by Gasteiger charge is -2.12. The second-order valence-corrected chi connectivity index (χ2v) is 5.98. The summed E-state index contributed by atoms with van der Waals surface area (Å²) in [5, 5.41) is 4.87. The molecular weight excluding hydrogens is 385 g/mol. The van der Waals surface area contributed by atoms with E-state index in [1.165, 1.54) is 12.1 Å². The van der Waals surface area contributed by atoms with Crippen molar-refractivity contribution in [2.24, 2.45) is 0 Å². The molecular formula is C18H12ClF3N2O3. The fourth-order valence-electron chi connectivity index (χ4n) is 2.37. The van der Waals surface area contributed by atoms with Gasteiger partial charge in [-0.3, -0.25) is 9.59 Å². The Hall–Kier alpha value is -3.00. The monoisotopic (exact) mass is 396 g/mol. The van der Waals surface area contributed by atoms with Crippen LogP contribution < -0.4 is 10.6 Å². The molecule has 5 nitrogen and oxygen atoms in total. The summed E-state index contributed by atoms with van der Waals surface area (Å²) < 4.78 is 43.9. The van der Waals surface area contributed by atoms with Crippen molar-refractivity contribution in [3.8, 4) is 0 Å². The molecule has 0 saturated heterocycles. The first-order valence-corrected chi connectivity index (χ1v) is 8.05. The molecule has 0 fully saturated rings. The van der Waals surface area contributed by atoms with Crippen molar-refractivity contribution in [3.63, 3.8) is 0 Å². The number of fused-ring (bicyclic) bond motifs is 1. The molecule has 0 bridgehead atoms. The molecule has 3 aromatic rings. The zero-order valence-electron chi connectivity index (χ0n) is 13.6. The van der Waals surface area contributed by atoms with E-state index in [4.69, 9.17) is 16.0 Å². The molecule has 1 aromatic heterocycles. The van der Waals surface area contributed by atoms with Crippen molar-refractivity contribution >= 4 is 40.1 Å². The smallest absolute Gasteiger partial charge is 0.417 e. The number of anilines is 1. The van der Waals surface area contributed by atoms with Gasteiger partial charge < -0.3 is 15.1 Å². The first-order valence-electron chi connectivity index (χ1n) is 7.67. The average molecular weight is 397 g/mol. The Labute approximate surface area is 156 Å². The Morgan fingerprint density at radius 3 is 2.52 bits per heavy atom. The number of nitrogens with one attached hydrogen (secondary N) is 2. The number of para-hydroxylation sites is 1. The van der Waals surface area contributed by atoms with Crippen molar-refractivity contribution in [1.82, 2.24) is 5.32 Å². The molecule has 0 radical (unpaired) electrons. The van der Waals surface area contributed by atoms with Gasteiger partial charge in [0.25, 0.3) is 5.91 Å². The van der Waals surface area contributed by atoms with E-state index < -0.39 is 35.1 Å². The minimum atomic E-state index is -4.65. The molecule has 0 aliphatic carbocycles. The molecule has 0 aliphatic heterocycles. The lowest BCUT2D eigenvalue weighted by atomic mass is 10.2. The summed E-state index contributed by atoms with van der Waals surface area (Å²) in [7, 11) is 0. The average Bonchev–Trinajstić information content (AvgIpc) is 3.04. The molecule has 2 N–H and O–H groups in total. The van der Waals surface area contributed by atoms with E-state index in [0.717, 1.165) is 17.5 Å². The molecule has 140 valence electrons. The molecule has 0 spiro atoms. The van der Waals surface area contributed by atoms with E-state index in [9.17, 15) is 22.8 Å².